The zero-order chi connectivity index (χ0) is 13.7. The Hall–Kier alpha value is -1.54. The normalized spacial score (nSPS) is 10.0. The summed E-state index contributed by atoms with van der Waals surface area (Å²) >= 11 is 3.35. The lowest BCUT2D eigenvalue weighted by molar-refractivity contribution is -0.120. The van der Waals surface area contributed by atoms with Crippen LogP contribution in [0, 0.1) is 11.3 Å². The van der Waals surface area contributed by atoms with Gasteiger partial charge in [0.25, 0.3) is 0 Å². The monoisotopic (exact) mass is 309 g/mol. The van der Waals surface area contributed by atoms with E-state index in [1.165, 1.54) is 0 Å². The van der Waals surface area contributed by atoms with Gasteiger partial charge in [0, 0.05) is 23.2 Å². The van der Waals surface area contributed by atoms with Gasteiger partial charge in [-0.2, -0.15) is 5.26 Å². The maximum Gasteiger partial charge on any atom is 0.239 e. The molecule has 0 saturated carbocycles. The minimum Gasteiger partial charge on any atom is -0.365 e. The van der Waals surface area contributed by atoms with E-state index in [-0.39, 0.29) is 18.5 Å². The summed E-state index contributed by atoms with van der Waals surface area (Å²) in [5, 5.41) is 11.7. The molecule has 1 aromatic rings. The molecule has 1 rings (SSSR count). The van der Waals surface area contributed by atoms with E-state index >= 15 is 0 Å². The summed E-state index contributed by atoms with van der Waals surface area (Å²) in [6.45, 7) is 4.11. The molecule has 1 amide bonds. The van der Waals surface area contributed by atoms with Crippen LogP contribution >= 0.6 is 15.9 Å². The van der Waals surface area contributed by atoms with E-state index < -0.39 is 0 Å². The molecule has 0 aliphatic rings. The second-order valence-electron chi connectivity index (χ2n) is 4.39. The van der Waals surface area contributed by atoms with Crippen molar-refractivity contribution >= 4 is 27.5 Å². The number of nitrogens with zero attached hydrogens (tertiary/aromatic N) is 2. The summed E-state index contributed by atoms with van der Waals surface area (Å²) in [4.78, 5) is 13.5. The van der Waals surface area contributed by atoms with Gasteiger partial charge in [0.15, 0.2) is 0 Å². The van der Waals surface area contributed by atoms with Gasteiger partial charge in [-0.15, -0.1) is 0 Å². The lowest BCUT2D eigenvalue weighted by atomic mass is 10.2. The molecule has 0 radical (unpaired) electrons. The van der Waals surface area contributed by atoms with E-state index in [0.29, 0.717) is 5.56 Å². The molecule has 0 spiro atoms. The quantitative estimate of drug-likeness (QED) is 0.928. The Morgan fingerprint density at radius 2 is 2.17 bits per heavy atom. The maximum atomic E-state index is 11.6. The van der Waals surface area contributed by atoms with Crippen LogP contribution in [0.3, 0.4) is 0 Å². The Morgan fingerprint density at radius 1 is 1.50 bits per heavy atom. The number of likely N-dealkylation sites (N-methyl/N-ethyl adjacent to an activating group) is 1. The first-order chi connectivity index (χ1) is 8.42. The van der Waals surface area contributed by atoms with Crippen molar-refractivity contribution < 1.29 is 4.79 Å². The van der Waals surface area contributed by atoms with Crippen LogP contribution in [0.2, 0.25) is 0 Å². The van der Waals surface area contributed by atoms with Crippen molar-refractivity contribution in [3.05, 3.63) is 28.2 Å². The lowest BCUT2D eigenvalue weighted by Gasteiger charge is -2.20. The fraction of sp³-hybridized carbons (Fsp3) is 0.385. The SMILES string of the molecule is CC(C)NC(=O)CN(C)c1cc(Br)cc(C#N)c1. The van der Waals surface area contributed by atoms with Crippen LogP contribution in [-0.2, 0) is 4.79 Å². The van der Waals surface area contributed by atoms with Crippen molar-refractivity contribution in [3.8, 4) is 6.07 Å². The van der Waals surface area contributed by atoms with E-state index in [2.05, 4.69) is 27.3 Å². The molecule has 4 nitrogen and oxygen atoms in total. The molecule has 0 bridgehead atoms. The Bertz CT molecular complexity index is 480. The minimum absolute atomic E-state index is 0.0361. The zero-order valence-electron chi connectivity index (χ0n) is 10.7. The molecule has 0 heterocycles. The summed E-state index contributed by atoms with van der Waals surface area (Å²) < 4.78 is 0.827. The lowest BCUT2D eigenvalue weighted by Crippen LogP contribution is -2.38. The highest BCUT2D eigenvalue weighted by Gasteiger charge is 2.09. The first-order valence-corrected chi connectivity index (χ1v) is 6.43. The highest BCUT2D eigenvalue weighted by molar-refractivity contribution is 9.10. The average molecular weight is 310 g/mol. The van der Waals surface area contributed by atoms with Crippen LogP contribution < -0.4 is 10.2 Å². The number of benzene rings is 1. The fourth-order valence-corrected chi connectivity index (χ4v) is 2.01. The Balaban J connectivity index is 2.78. The Labute approximate surface area is 116 Å². The first-order valence-electron chi connectivity index (χ1n) is 5.63. The number of hydrogen-bond donors (Lipinski definition) is 1. The Kier molecular flexibility index (Phi) is 5.17. The number of hydrogen-bond acceptors (Lipinski definition) is 3. The van der Waals surface area contributed by atoms with Gasteiger partial charge in [-0.1, -0.05) is 15.9 Å². The predicted molar refractivity (Wildman–Crippen MR) is 75.4 cm³/mol. The molecular weight excluding hydrogens is 294 g/mol. The first kappa shape index (κ1) is 14.5. The van der Waals surface area contributed by atoms with Crippen molar-refractivity contribution in [1.82, 2.24) is 5.32 Å². The molecule has 0 saturated heterocycles. The highest BCUT2D eigenvalue weighted by atomic mass is 79.9. The molecule has 18 heavy (non-hydrogen) atoms. The third-order valence-electron chi connectivity index (χ3n) is 2.28. The van der Waals surface area contributed by atoms with Crippen molar-refractivity contribution in [1.29, 1.82) is 5.26 Å². The van der Waals surface area contributed by atoms with Crippen LogP contribution in [0.4, 0.5) is 5.69 Å². The summed E-state index contributed by atoms with van der Waals surface area (Å²) in [5.74, 6) is -0.0361. The molecule has 0 aliphatic heterocycles. The van der Waals surface area contributed by atoms with E-state index in [1.54, 1.807) is 12.1 Å². The van der Waals surface area contributed by atoms with Gasteiger partial charge >= 0.3 is 0 Å². The number of rotatable bonds is 4. The summed E-state index contributed by atoms with van der Waals surface area (Å²) in [6, 6.07) is 7.60. The molecule has 0 unspecified atom stereocenters. The smallest absolute Gasteiger partial charge is 0.239 e. The number of amides is 1. The van der Waals surface area contributed by atoms with Gasteiger partial charge < -0.3 is 10.2 Å². The molecule has 1 N–H and O–H groups in total. The van der Waals surface area contributed by atoms with Crippen LogP contribution in [0.15, 0.2) is 22.7 Å². The van der Waals surface area contributed by atoms with Gasteiger partial charge in [0.05, 0.1) is 18.2 Å². The standard InChI is InChI=1S/C13H16BrN3O/c1-9(2)16-13(18)8-17(3)12-5-10(7-15)4-11(14)6-12/h4-6,9H,8H2,1-3H3,(H,16,18). The van der Waals surface area contributed by atoms with E-state index in [0.717, 1.165) is 10.2 Å². The van der Waals surface area contributed by atoms with Crippen molar-refractivity contribution in [2.45, 2.75) is 19.9 Å². The number of nitrogens with one attached hydrogen (secondary N) is 1. The van der Waals surface area contributed by atoms with Crippen LogP contribution in [0.25, 0.3) is 0 Å². The largest absolute Gasteiger partial charge is 0.365 e. The fourth-order valence-electron chi connectivity index (χ4n) is 1.53. The van der Waals surface area contributed by atoms with E-state index in [4.69, 9.17) is 5.26 Å². The number of anilines is 1. The molecule has 1 aromatic carbocycles. The predicted octanol–water partition coefficient (Wildman–Crippen LogP) is 2.28. The van der Waals surface area contributed by atoms with E-state index in [9.17, 15) is 4.79 Å². The molecule has 5 heteroatoms. The maximum absolute atomic E-state index is 11.6. The Morgan fingerprint density at radius 3 is 2.72 bits per heavy atom. The van der Waals surface area contributed by atoms with Gasteiger partial charge in [0.2, 0.25) is 5.91 Å². The van der Waals surface area contributed by atoms with Gasteiger partial charge in [0.1, 0.15) is 0 Å². The second-order valence-corrected chi connectivity index (χ2v) is 5.30. The van der Waals surface area contributed by atoms with Crippen LogP contribution in [-0.4, -0.2) is 25.5 Å². The average Bonchev–Trinajstić information content (AvgIpc) is 2.26. The summed E-state index contributed by atoms with van der Waals surface area (Å²) in [6.07, 6.45) is 0. The van der Waals surface area contributed by atoms with Gasteiger partial charge in [-0.05, 0) is 32.0 Å². The van der Waals surface area contributed by atoms with E-state index in [1.807, 2.05) is 31.9 Å². The molecule has 96 valence electrons. The summed E-state index contributed by atoms with van der Waals surface area (Å²) in [5.41, 5.74) is 1.40. The van der Waals surface area contributed by atoms with Crippen LogP contribution in [0.5, 0.6) is 0 Å². The van der Waals surface area contributed by atoms with Crippen LogP contribution in [0.1, 0.15) is 19.4 Å². The highest BCUT2D eigenvalue weighted by Crippen LogP contribution is 2.21. The number of carbonyl (C=O) groups excluding carboxylic acids is 1. The zero-order valence-corrected chi connectivity index (χ0v) is 12.3. The minimum atomic E-state index is -0.0361. The third-order valence-corrected chi connectivity index (χ3v) is 2.74. The second kappa shape index (κ2) is 6.41. The molecule has 0 fully saturated rings. The molecule has 0 aromatic heterocycles. The van der Waals surface area contributed by atoms with Gasteiger partial charge in [-0.3, -0.25) is 4.79 Å². The van der Waals surface area contributed by atoms with Gasteiger partial charge in [-0.25, -0.2) is 0 Å². The number of carbonyl (C=O) groups is 1. The molecule has 0 atom stereocenters. The van der Waals surface area contributed by atoms with Crippen molar-refractivity contribution in [3.63, 3.8) is 0 Å². The number of halogens is 1. The molecular formula is C13H16BrN3O. The van der Waals surface area contributed by atoms with Crippen molar-refractivity contribution in [2.24, 2.45) is 0 Å². The number of nitriles is 1. The topological polar surface area (TPSA) is 56.1 Å². The molecule has 0 aliphatic carbocycles. The third kappa shape index (κ3) is 4.38. The summed E-state index contributed by atoms with van der Waals surface area (Å²) in [7, 11) is 1.82. The van der Waals surface area contributed by atoms with Crippen molar-refractivity contribution in [2.75, 3.05) is 18.5 Å².